The SMILES string of the molecule is CC#C/C(=N\OC[C@@H](C)N)C(C)C. The summed E-state index contributed by atoms with van der Waals surface area (Å²) < 4.78 is 0. The lowest BCUT2D eigenvalue weighted by molar-refractivity contribution is 0.133. The quantitative estimate of drug-likeness (QED) is 0.405. The van der Waals surface area contributed by atoms with Crippen molar-refractivity contribution in [1.29, 1.82) is 0 Å². The van der Waals surface area contributed by atoms with Gasteiger partial charge in [-0.05, 0) is 19.8 Å². The second kappa shape index (κ2) is 6.50. The number of nitrogens with zero attached hydrogens (tertiary/aromatic N) is 1. The van der Waals surface area contributed by atoms with E-state index in [1.807, 2.05) is 20.8 Å². The maximum atomic E-state index is 5.50. The molecule has 0 aliphatic heterocycles. The van der Waals surface area contributed by atoms with Crippen molar-refractivity contribution >= 4 is 5.71 Å². The Kier molecular flexibility index (Phi) is 5.99. The third kappa shape index (κ3) is 6.18. The summed E-state index contributed by atoms with van der Waals surface area (Å²) >= 11 is 0. The van der Waals surface area contributed by atoms with E-state index in [4.69, 9.17) is 10.6 Å². The Hall–Kier alpha value is -1.01. The molecule has 0 fully saturated rings. The highest BCUT2D eigenvalue weighted by Gasteiger charge is 2.02. The van der Waals surface area contributed by atoms with Gasteiger partial charge in [0.15, 0.2) is 0 Å². The maximum Gasteiger partial charge on any atom is 0.132 e. The minimum Gasteiger partial charge on any atom is -0.393 e. The van der Waals surface area contributed by atoms with Crippen LogP contribution in [-0.2, 0) is 4.84 Å². The molecule has 0 heterocycles. The first-order valence-corrected chi connectivity index (χ1v) is 4.46. The maximum absolute atomic E-state index is 5.50. The molecule has 0 bridgehead atoms. The standard InChI is InChI=1S/C10H18N2O/c1-5-6-10(8(2)3)12-13-7-9(4)11/h8-9H,7,11H2,1-4H3/b12-10+/t9-/m1/s1. The molecule has 3 nitrogen and oxygen atoms in total. The van der Waals surface area contributed by atoms with Gasteiger partial charge in [0.2, 0.25) is 0 Å². The summed E-state index contributed by atoms with van der Waals surface area (Å²) in [6, 6.07) is 0.00625. The highest BCUT2D eigenvalue weighted by atomic mass is 16.6. The highest BCUT2D eigenvalue weighted by molar-refractivity contribution is 6.01. The van der Waals surface area contributed by atoms with Crippen molar-refractivity contribution in [3.63, 3.8) is 0 Å². The summed E-state index contributed by atoms with van der Waals surface area (Å²) in [5.74, 6) is 5.98. The smallest absolute Gasteiger partial charge is 0.132 e. The molecule has 0 radical (unpaired) electrons. The van der Waals surface area contributed by atoms with Crippen molar-refractivity contribution in [2.75, 3.05) is 6.61 Å². The van der Waals surface area contributed by atoms with Crippen LogP contribution in [0, 0.1) is 17.8 Å². The van der Waals surface area contributed by atoms with Gasteiger partial charge >= 0.3 is 0 Å². The molecule has 0 aromatic heterocycles. The Morgan fingerprint density at radius 1 is 1.46 bits per heavy atom. The first kappa shape index (κ1) is 12.0. The fourth-order valence-corrected chi connectivity index (χ4v) is 0.625. The second-order valence-electron chi connectivity index (χ2n) is 3.28. The second-order valence-corrected chi connectivity index (χ2v) is 3.28. The van der Waals surface area contributed by atoms with E-state index in [9.17, 15) is 0 Å². The summed E-state index contributed by atoms with van der Waals surface area (Å²) in [7, 11) is 0. The summed E-state index contributed by atoms with van der Waals surface area (Å²) in [5, 5.41) is 3.92. The van der Waals surface area contributed by atoms with Crippen LogP contribution in [0.4, 0.5) is 0 Å². The van der Waals surface area contributed by atoms with Gasteiger partial charge in [-0.3, -0.25) is 0 Å². The average molecular weight is 182 g/mol. The molecule has 74 valence electrons. The zero-order valence-corrected chi connectivity index (χ0v) is 8.79. The zero-order chi connectivity index (χ0) is 10.3. The molecule has 2 N–H and O–H groups in total. The van der Waals surface area contributed by atoms with Gasteiger partial charge in [0, 0.05) is 12.0 Å². The van der Waals surface area contributed by atoms with E-state index >= 15 is 0 Å². The molecule has 0 rings (SSSR count). The first-order valence-electron chi connectivity index (χ1n) is 4.46. The molecule has 0 unspecified atom stereocenters. The van der Waals surface area contributed by atoms with Crippen LogP contribution in [0.15, 0.2) is 5.16 Å². The van der Waals surface area contributed by atoms with Crippen LogP contribution in [0.1, 0.15) is 27.7 Å². The third-order valence-corrected chi connectivity index (χ3v) is 1.30. The fraction of sp³-hybridized carbons (Fsp3) is 0.700. The summed E-state index contributed by atoms with van der Waals surface area (Å²) in [6.07, 6.45) is 0. The van der Waals surface area contributed by atoms with Crippen LogP contribution in [0.25, 0.3) is 0 Å². The largest absolute Gasteiger partial charge is 0.393 e. The number of rotatable bonds is 4. The van der Waals surface area contributed by atoms with Gasteiger partial charge in [-0.25, -0.2) is 0 Å². The van der Waals surface area contributed by atoms with Gasteiger partial charge in [-0.1, -0.05) is 24.9 Å². The van der Waals surface area contributed by atoms with Gasteiger partial charge in [0.1, 0.15) is 12.3 Å². The third-order valence-electron chi connectivity index (χ3n) is 1.30. The number of hydrogen-bond acceptors (Lipinski definition) is 3. The summed E-state index contributed by atoms with van der Waals surface area (Å²) in [4.78, 5) is 5.03. The Labute approximate surface area is 80.3 Å². The molecule has 0 spiro atoms. The molecule has 0 aliphatic rings. The zero-order valence-electron chi connectivity index (χ0n) is 8.79. The van der Waals surface area contributed by atoms with Gasteiger partial charge in [-0.2, -0.15) is 0 Å². The van der Waals surface area contributed by atoms with E-state index in [0.717, 1.165) is 5.71 Å². The molecule has 0 saturated carbocycles. The Balaban J connectivity index is 4.10. The predicted octanol–water partition coefficient (Wildman–Crippen LogP) is 1.39. The topological polar surface area (TPSA) is 47.6 Å². The number of nitrogens with two attached hydrogens (primary N) is 1. The van der Waals surface area contributed by atoms with Crippen molar-refractivity contribution in [2.24, 2.45) is 16.8 Å². The molecule has 0 aromatic rings. The molecule has 0 aliphatic carbocycles. The molecular formula is C10H18N2O. The van der Waals surface area contributed by atoms with Crippen molar-refractivity contribution < 1.29 is 4.84 Å². The van der Waals surface area contributed by atoms with Crippen LogP contribution in [0.2, 0.25) is 0 Å². The lowest BCUT2D eigenvalue weighted by atomic mass is 10.1. The van der Waals surface area contributed by atoms with Crippen molar-refractivity contribution in [3.8, 4) is 11.8 Å². The van der Waals surface area contributed by atoms with Crippen molar-refractivity contribution in [1.82, 2.24) is 0 Å². The van der Waals surface area contributed by atoms with E-state index in [2.05, 4.69) is 17.0 Å². The molecule has 13 heavy (non-hydrogen) atoms. The van der Waals surface area contributed by atoms with Gasteiger partial charge in [0.25, 0.3) is 0 Å². The monoisotopic (exact) mass is 182 g/mol. The van der Waals surface area contributed by atoms with Crippen LogP contribution in [0.5, 0.6) is 0 Å². The van der Waals surface area contributed by atoms with E-state index in [1.54, 1.807) is 6.92 Å². The Morgan fingerprint density at radius 3 is 2.46 bits per heavy atom. The Bertz CT molecular complexity index is 221. The minimum atomic E-state index is 0.00625. The average Bonchev–Trinajstić information content (AvgIpc) is 2.02. The van der Waals surface area contributed by atoms with Gasteiger partial charge in [0.05, 0.1) is 0 Å². The van der Waals surface area contributed by atoms with Crippen LogP contribution in [0.3, 0.4) is 0 Å². The number of oxime groups is 1. The van der Waals surface area contributed by atoms with Gasteiger partial charge < -0.3 is 10.6 Å². The Morgan fingerprint density at radius 2 is 2.08 bits per heavy atom. The van der Waals surface area contributed by atoms with Crippen LogP contribution >= 0.6 is 0 Å². The lowest BCUT2D eigenvalue weighted by Crippen LogP contribution is -2.21. The molecule has 1 atom stereocenters. The number of hydrogen-bond donors (Lipinski definition) is 1. The van der Waals surface area contributed by atoms with Crippen LogP contribution < -0.4 is 5.73 Å². The van der Waals surface area contributed by atoms with E-state index in [1.165, 1.54) is 0 Å². The molecule has 3 heteroatoms. The normalized spacial score (nSPS) is 13.5. The predicted molar refractivity (Wildman–Crippen MR) is 55.3 cm³/mol. The molecule has 0 aromatic carbocycles. The minimum absolute atomic E-state index is 0.00625. The van der Waals surface area contributed by atoms with E-state index in [-0.39, 0.29) is 6.04 Å². The van der Waals surface area contributed by atoms with E-state index < -0.39 is 0 Å². The lowest BCUT2D eigenvalue weighted by Gasteiger charge is -2.05. The van der Waals surface area contributed by atoms with Crippen molar-refractivity contribution in [3.05, 3.63) is 0 Å². The van der Waals surface area contributed by atoms with Crippen LogP contribution in [-0.4, -0.2) is 18.4 Å². The molecule has 0 amide bonds. The first-order chi connectivity index (χ1) is 6.07. The highest BCUT2D eigenvalue weighted by Crippen LogP contribution is 1.97. The fourth-order valence-electron chi connectivity index (χ4n) is 0.625. The van der Waals surface area contributed by atoms with Gasteiger partial charge in [-0.15, -0.1) is 0 Å². The molecule has 0 saturated heterocycles. The molecular weight excluding hydrogens is 164 g/mol. The summed E-state index contributed by atoms with van der Waals surface area (Å²) in [5.41, 5.74) is 6.27. The summed E-state index contributed by atoms with van der Waals surface area (Å²) in [6.45, 7) is 8.14. The van der Waals surface area contributed by atoms with Crippen molar-refractivity contribution in [2.45, 2.75) is 33.7 Å². The van der Waals surface area contributed by atoms with E-state index in [0.29, 0.717) is 12.5 Å².